The van der Waals surface area contributed by atoms with Crippen molar-refractivity contribution in [3.63, 3.8) is 0 Å². The van der Waals surface area contributed by atoms with Gasteiger partial charge in [0.05, 0.1) is 42.5 Å². The summed E-state index contributed by atoms with van der Waals surface area (Å²) in [6.45, 7) is 3.72. The molecule has 4 heterocycles. The van der Waals surface area contributed by atoms with E-state index in [1.807, 2.05) is 18.2 Å². The number of H-pyrrole nitrogens is 1. The van der Waals surface area contributed by atoms with Crippen molar-refractivity contribution in [2.45, 2.75) is 44.1 Å². The van der Waals surface area contributed by atoms with Gasteiger partial charge in [-0.3, -0.25) is 0 Å². The van der Waals surface area contributed by atoms with Gasteiger partial charge in [-0.15, -0.1) is 0 Å². The number of benzene rings is 1. The number of anilines is 1. The van der Waals surface area contributed by atoms with Crippen molar-refractivity contribution >= 4 is 34.7 Å². The van der Waals surface area contributed by atoms with Crippen molar-refractivity contribution in [1.29, 1.82) is 0 Å². The number of aromatic amines is 1. The smallest absolute Gasteiger partial charge is 0.296 e. The van der Waals surface area contributed by atoms with Gasteiger partial charge in [0.2, 0.25) is 0 Å². The number of ether oxygens (including phenoxy) is 4. The maximum Gasteiger partial charge on any atom is 0.296 e. The fourth-order valence-corrected chi connectivity index (χ4v) is 5.58. The van der Waals surface area contributed by atoms with Crippen LogP contribution in [0.15, 0.2) is 24.3 Å². The van der Waals surface area contributed by atoms with Crippen LogP contribution < -0.4 is 10.1 Å². The second kappa shape index (κ2) is 9.63. The second-order valence-electron chi connectivity index (χ2n) is 9.63. The van der Waals surface area contributed by atoms with E-state index in [4.69, 9.17) is 30.5 Å². The minimum Gasteiger partial charge on any atom is -0.456 e. The molecule has 0 unspecified atom stereocenters. The molecular formula is C26H28ClFN4O4. The van der Waals surface area contributed by atoms with Crippen LogP contribution in [0.2, 0.25) is 5.02 Å². The summed E-state index contributed by atoms with van der Waals surface area (Å²) >= 11 is 6.54. The molecule has 2 fully saturated rings. The molecule has 2 saturated heterocycles. The second-order valence-corrected chi connectivity index (χ2v) is 10.0. The first-order valence-corrected chi connectivity index (χ1v) is 12.6. The molecule has 0 bridgehead atoms. The van der Waals surface area contributed by atoms with E-state index in [-0.39, 0.29) is 30.2 Å². The summed E-state index contributed by atoms with van der Waals surface area (Å²) in [6.07, 6.45) is 4.96. The van der Waals surface area contributed by atoms with Crippen LogP contribution >= 0.6 is 11.6 Å². The number of aromatic nitrogens is 3. The zero-order valence-electron chi connectivity index (χ0n) is 20.1. The number of imidazole rings is 1. The van der Waals surface area contributed by atoms with Crippen molar-refractivity contribution in [2.75, 3.05) is 32.2 Å². The molecule has 6 rings (SSSR count). The Bertz CT molecular complexity index is 1310. The van der Waals surface area contributed by atoms with E-state index in [0.717, 1.165) is 24.0 Å². The zero-order chi connectivity index (χ0) is 24.8. The van der Waals surface area contributed by atoms with E-state index in [9.17, 15) is 0 Å². The van der Waals surface area contributed by atoms with Crippen molar-refractivity contribution in [3.05, 3.63) is 51.8 Å². The Morgan fingerprint density at radius 1 is 1.22 bits per heavy atom. The van der Waals surface area contributed by atoms with Gasteiger partial charge >= 0.3 is 0 Å². The van der Waals surface area contributed by atoms with E-state index >= 15 is 4.39 Å². The third-order valence-corrected chi connectivity index (χ3v) is 7.38. The number of hydrogen-bond acceptors (Lipinski definition) is 7. The quantitative estimate of drug-likeness (QED) is 0.472. The number of fused-ring (bicyclic) bond motifs is 3. The third kappa shape index (κ3) is 4.34. The number of pyridine rings is 1. The largest absolute Gasteiger partial charge is 0.456 e. The lowest BCUT2D eigenvalue weighted by Gasteiger charge is -2.16. The maximum absolute atomic E-state index is 15.1. The number of nitrogens with zero attached hydrogens (tertiary/aromatic N) is 2. The molecule has 0 saturated carbocycles. The Morgan fingerprint density at radius 2 is 2.08 bits per heavy atom. The Kier molecular flexibility index (Phi) is 6.33. The highest BCUT2D eigenvalue weighted by Crippen LogP contribution is 2.38. The van der Waals surface area contributed by atoms with E-state index in [2.05, 4.69) is 27.2 Å². The molecular weight excluding hydrogens is 487 g/mol. The van der Waals surface area contributed by atoms with E-state index in [1.54, 1.807) is 19.2 Å². The van der Waals surface area contributed by atoms with Gasteiger partial charge in [0.15, 0.2) is 11.8 Å². The van der Waals surface area contributed by atoms with E-state index in [0.29, 0.717) is 59.3 Å². The van der Waals surface area contributed by atoms with Crippen LogP contribution in [-0.2, 0) is 20.6 Å². The first-order valence-electron chi connectivity index (χ1n) is 12.2. The van der Waals surface area contributed by atoms with Gasteiger partial charge in [0.25, 0.3) is 6.01 Å². The minimum absolute atomic E-state index is 0.0508. The summed E-state index contributed by atoms with van der Waals surface area (Å²) in [4.78, 5) is 12.2. The predicted molar refractivity (Wildman–Crippen MR) is 134 cm³/mol. The molecule has 2 aromatic heterocycles. The highest BCUT2D eigenvalue weighted by molar-refractivity contribution is 6.33. The van der Waals surface area contributed by atoms with Crippen LogP contribution in [0, 0.1) is 11.7 Å². The number of nitrogens with one attached hydrogen (secondary N) is 2. The predicted octanol–water partition coefficient (Wildman–Crippen LogP) is 4.69. The average Bonchev–Trinajstić information content (AvgIpc) is 3.61. The van der Waals surface area contributed by atoms with Gasteiger partial charge in [-0.2, -0.15) is 4.98 Å². The lowest BCUT2D eigenvalue weighted by atomic mass is 10.0. The van der Waals surface area contributed by atoms with Crippen molar-refractivity contribution in [2.24, 2.45) is 5.92 Å². The van der Waals surface area contributed by atoms with Crippen molar-refractivity contribution < 1.29 is 23.3 Å². The lowest BCUT2D eigenvalue weighted by Crippen LogP contribution is -2.33. The van der Waals surface area contributed by atoms with Gasteiger partial charge in [-0.05, 0) is 36.1 Å². The molecule has 10 heteroatoms. The summed E-state index contributed by atoms with van der Waals surface area (Å²) < 4.78 is 37.9. The summed E-state index contributed by atoms with van der Waals surface area (Å²) in [6, 6.07) is 5.43. The molecule has 3 aliphatic rings. The van der Waals surface area contributed by atoms with Gasteiger partial charge < -0.3 is 29.2 Å². The Hall–Kier alpha value is -2.72. The standard InChI is InChI=1S/C26H28ClFN4O4/c1-13-11-34-23-20(12-35-22(13)23)36-26-30-19-10-16(27)24(31-25(19)32-26)29-18-6-5-15-8-14(4-3-7-33-2)9-17(28)21(15)18/h3-4,8-10,13,18,20,22-23H,5-7,11-12H2,1-2H3,(H2,29,30,31,32)/b4-3+/t13-,18+,20-,22-,23-/m1/s1. The molecule has 0 radical (unpaired) electrons. The highest BCUT2D eigenvalue weighted by Gasteiger charge is 2.47. The van der Waals surface area contributed by atoms with Crippen LogP contribution in [0.25, 0.3) is 17.2 Å². The number of aryl methyl sites for hydroxylation is 1. The fraction of sp³-hybridized carbons (Fsp3) is 0.462. The van der Waals surface area contributed by atoms with Gasteiger partial charge in [0, 0.05) is 18.6 Å². The summed E-state index contributed by atoms with van der Waals surface area (Å²) in [7, 11) is 1.63. The summed E-state index contributed by atoms with van der Waals surface area (Å²) in [5, 5.41) is 3.75. The van der Waals surface area contributed by atoms with Crippen LogP contribution in [0.4, 0.5) is 10.2 Å². The summed E-state index contributed by atoms with van der Waals surface area (Å²) in [5.41, 5.74) is 3.58. The zero-order valence-corrected chi connectivity index (χ0v) is 20.8. The van der Waals surface area contributed by atoms with Gasteiger partial charge in [-0.1, -0.05) is 36.7 Å². The average molecular weight is 515 g/mol. The van der Waals surface area contributed by atoms with Gasteiger partial charge in [0.1, 0.15) is 17.7 Å². The first kappa shape index (κ1) is 23.7. The van der Waals surface area contributed by atoms with Crippen LogP contribution in [0.3, 0.4) is 0 Å². The lowest BCUT2D eigenvalue weighted by molar-refractivity contribution is 0.0262. The molecule has 1 aromatic carbocycles. The highest BCUT2D eigenvalue weighted by atomic mass is 35.5. The SMILES string of the molecule is COC/C=C/c1cc(F)c2c(c1)CC[C@@H]2Nc1nc2nc(O[C@@H]3CO[C@H]4[C@@H]3OC[C@H]4C)[nH]c2cc1Cl. The number of hydrogen-bond donors (Lipinski definition) is 2. The molecule has 0 amide bonds. The normalized spacial score (nSPS) is 27.2. The number of methoxy groups -OCH3 is 1. The maximum atomic E-state index is 15.1. The molecule has 190 valence electrons. The molecule has 1 aliphatic carbocycles. The molecule has 3 aromatic rings. The van der Waals surface area contributed by atoms with Crippen molar-refractivity contribution in [3.8, 4) is 6.01 Å². The molecule has 2 N–H and O–H groups in total. The third-order valence-electron chi connectivity index (χ3n) is 7.10. The Labute approximate surface area is 213 Å². The Morgan fingerprint density at radius 3 is 2.94 bits per heavy atom. The topological polar surface area (TPSA) is 90.5 Å². The van der Waals surface area contributed by atoms with E-state index in [1.165, 1.54) is 0 Å². The molecule has 0 spiro atoms. The van der Waals surface area contributed by atoms with E-state index < -0.39 is 0 Å². The molecule has 2 aliphatic heterocycles. The monoisotopic (exact) mass is 514 g/mol. The molecule has 36 heavy (non-hydrogen) atoms. The minimum atomic E-state index is -0.243. The van der Waals surface area contributed by atoms with Crippen LogP contribution in [-0.4, -0.2) is 60.2 Å². The van der Waals surface area contributed by atoms with Gasteiger partial charge in [-0.25, -0.2) is 9.37 Å². The molecule has 5 atom stereocenters. The summed E-state index contributed by atoms with van der Waals surface area (Å²) in [5.74, 6) is 0.561. The van der Waals surface area contributed by atoms with Crippen molar-refractivity contribution in [1.82, 2.24) is 15.0 Å². The fourth-order valence-electron chi connectivity index (χ4n) is 5.38. The Balaban J connectivity index is 1.20. The number of rotatable bonds is 7. The van der Waals surface area contributed by atoms with Crippen LogP contribution in [0.1, 0.15) is 36.1 Å². The van der Waals surface area contributed by atoms with Crippen LogP contribution in [0.5, 0.6) is 6.01 Å². The first-order chi connectivity index (χ1) is 17.5. The molecule has 8 nitrogen and oxygen atoms in total. The number of halogens is 2.